The summed E-state index contributed by atoms with van der Waals surface area (Å²) in [5.74, 6) is 6.26. The lowest BCUT2D eigenvalue weighted by atomic mass is 10.3. The Hall–Kier alpha value is -1.27. The van der Waals surface area contributed by atoms with Gasteiger partial charge in [0.2, 0.25) is 0 Å². The van der Waals surface area contributed by atoms with Crippen molar-refractivity contribution < 1.29 is 4.79 Å². The zero-order chi connectivity index (χ0) is 9.52. The van der Waals surface area contributed by atoms with Gasteiger partial charge in [-0.1, -0.05) is 23.7 Å². The minimum Gasteiger partial charge on any atom is -0.288 e. The first kappa shape index (κ1) is 9.82. The summed E-state index contributed by atoms with van der Waals surface area (Å²) in [5.41, 5.74) is 0.742. The third-order valence-electron chi connectivity index (χ3n) is 1.23. The average Bonchev–Trinajstić information content (AvgIpc) is 2.14. The quantitative estimate of drug-likeness (QED) is 0.633. The SMILES string of the molecule is CC(=O)SCC#Cc1ccccn1. The third kappa shape index (κ3) is 4.34. The van der Waals surface area contributed by atoms with Crippen LogP contribution in [0.5, 0.6) is 0 Å². The van der Waals surface area contributed by atoms with Crippen molar-refractivity contribution in [2.45, 2.75) is 6.92 Å². The number of hydrogen-bond acceptors (Lipinski definition) is 3. The summed E-state index contributed by atoms with van der Waals surface area (Å²) in [4.78, 5) is 14.6. The fraction of sp³-hybridized carbons (Fsp3) is 0.200. The van der Waals surface area contributed by atoms with Crippen molar-refractivity contribution in [2.75, 3.05) is 5.75 Å². The van der Waals surface area contributed by atoms with E-state index in [-0.39, 0.29) is 5.12 Å². The van der Waals surface area contributed by atoms with Gasteiger partial charge in [0.15, 0.2) is 5.12 Å². The van der Waals surface area contributed by atoms with E-state index in [1.165, 1.54) is 18.7 Å². The van der Waals surface area contributed by atoms with Crippen molar-refractivity contribution in [3.8, 4) is 11.8 Å². The Morgan fingerprint density at radius 2 is 2.46 bits per heavy atom. The van der Waals surface area contributed by atoms with E-state index in [1.54, 1.807) is 6.20 Å². The van der Waals surface area contributed by atoms with Crippen molar-refractivity contribution in [2.24, 2.45) is 0 Å². The van der Waals surface area contributed by atoms with Crippen LogP contribution in [0.3, 0.4) is 0 Å². The molecule has 0 fully saturated rings. The van der Waals surface area contributed by atoms with Crippen LogP contribution in [0.2, 0.25) is 0 Å². The fourth-order valence-corrected chi connectivity index (χ4v) is 1.05. The Morgan fingerprint density at radius 3 is 3.08 bits per heavy atom. The van der Waals surface area contributed by atoms with Crippen molar-refractivity contribution in [3.05, 3.63) is 30.1 Å². The molecule has 1 aromatic rings. The lowest BCUT2D eigenvalue weighted by Crippen LogP contribution is -1.83. The number of aromatic nitrogens is 1. The van der Waals surface area contributed by atoms with Crippen LogP contribution >= 0.6 is 11.8 Å². The monoisotopic (exact) mass is 191 g/mol. The first-order valence-corrected chi connectivity index (χ1v) is 4.81. The van der Waals surface area contributed by atoms with Crippen LogP contribution in [-0.2, 0) is 4.79 Å². The smallest absolute Gasteiger partial charge is 0.186 e. The minimum absolute atomic E-state index is 0.0929. The van der Waals surface area contributed by atoms with E-state index in [1.807, 2.05) is 18.2 Å². The third-order valence-corrected chi connectivity index (χ3v) is 1.92. The molecule has 66 valence electrons. The highest BCUT2D eigenvalue weighted by Crippen LogP contribution is 1.98. The van der Waals surface area contributed by atoms with Crippen molar-refractivity contribution in [1.29, 1.82) is 0 Å². The van der Waals surface area contributed by atoms with Gasteiger partial charge >= 0.3 is 0 Å². The van der Waals surface area contributed by atoms with E-state index in [0.29, 0.717) is 5.75 Å². The van der Waals surface area contributed by atoms with Crippen LogP contribution in [0.1, 0.15) is 12.6 Å². The number of pyridine rings is 1. The number of thioether (sulfide) groups is 1. The molecule has 13 heavy (non-hydrogen) atoms. The highest BCUT2D eigenvalue weighted by Gasteiger charge is 1.88. The molecular formula is C10H9NOS. The fourth-order valence-electron chi connectivity index (χ4n) is 0.701. The lowest BCUT2D eigenvalue weighted by molar-refractivity contribution is -0.109. The molecule has 0 unspecified atom stereocenters. The normalized spacial score (nSPS) is 8.69. The summed E-state index contributed by atoms with van der Waals surface area (Å²) in [6.45, 7) is 1.53. The second-order valence-corrected chi connectivity index (χ2v) is 3.45. The molecule has 1 heterocycles. The Bertz CT molecular complexity index is 337. The number of carbonyl (C=O) groups is 1. The van der Waals surface area contributed by atoms with E-state index in [2.05, 4.69) is 16.8 Å². The van der Waals surface area contributed by atoms with Gasteiger partial charge in [-0.3, -0.25) is 4.79 Å². The highest BCUT2D eigenvalue weighted by molar-refractivity contribution is 8.13. The van der Waals surface area contributed by atoms with Crippen LogP contribution in [0.15, 0.2) is 24.4 Å². The maximum Gasteiger partial charge on any atom is 0.186 e. The maximum atomic E-state index is 10.5. The molecule has 0 aromatic carbocycles. The van der Waals surface area contributed by atoms with Gasteiger partial charge in [-0.05, 0) is 18.1 Å². The van der Waals surface area contributed by atoms with Gasteiger partial charge in [0.05, 0.1) is 5.75 Å². The van der Waals surface area contributed by atoms with Crippen LogP contribution in [0.25, 0.3) is 0 Å². The summed E-state index contributed by atoms with van der Waals surface area (Å²) in [6.07, 6.45) is 1.70. The highest BCUT2D eigenvalue weighted by atomic mass is 32.2. The molecule has 0 spiro atoms. The predicted molar refractivity (Wildman–Crippen MR) is 54.3 cm³/mol. The molecule has 0 amide bonds. The predicted octanol–water partition coefficient (Wildman–Crippen LogP) is 1.71. The standard InChI is InChI=1S/C10H9NOS/c1-9(12)13-8-4-6-10-5-2-3-7-11-10/h2-3,5,7H,8H2,1H3. The van der Waals surface area contributed by atoms with Crippen LogP contribution in [0, 0.1) is 11.8 Å². The molecule has 1 aromatic heterocycles. The van der Waals surface area contributed by atoms with Crippen molar-refractivity contribution in [3.63, 3.8) is 0 Å². The molecule has 0 radical (unpaired) electrons. The summed E-state index contributed by atoms with van der Waals surface area (Å²) < 4.78 is 0. The number of carbonyl (C=O) groups excluding carboxylic acids is 1. The van der Waals surface area contributed by atoms with Crippen LogP contribution < -0.4 is 0 Å². The number of hydrogen-bond donors (Lipinski definition) is 0. The van der Waals surface area contributed by atoms with Gasteiger partial charge in [0.1, 0.15) is 5.69 Å². The summed E-state index contributed by atoms with van der Waals surface area (Å²) in [7, 11) is 0. The molecular weight excluding hydrogens is 182 g/mol. The average molecular weight is 191 g/mol. The second-order valence-electron chi connectivity index (χ2n) is 2.30. The van der Waals surface area contributed by atoms with Crippen LogP contribution in [0.4, 0.5) is 0 Å². The largest absolute Gasteiger partial charge is 0.288 e. The van der Waals surface area contributed by atoms with Gasteiger partial charge in [0, 0.05) is 13.1 Å². The molecule has 0 aliphatic heterocycles. The molecule has 0 bridgehead atoms. The first-order chi connectivity index (χ1) is 6.29. The minimum atomic E-state index is 0.0929. The molecule has 0 saturated carbocycles. The van der Waals surface area contributed by atoms with E-state index in [9.17, 15) is 4.79 Å². The second kappa shape index (κ2) is 5.39. The Balaban J connectivity index is 2.44. The van der Waals surface area contributed by atoms with Gasteiger partial charge in [0.25, 0.3) is 0 Å². The molecule has 0 aliphatic carbocycles. The molecule has 0 N–H and O–H groups in total. The zero-order valence-electron chi connectivity index (χ0n) is 7.28. The maximum absolute atomic E-state index is 10.5. The van der Waals surface area contributed by atoms with E-state index in [4.69, 9.17) is 0 Å². The lowest BCUT2D eigenvalue weighted by Gasteiger charge is -1.86. The summed E-state index contributed by atoms with van der Waals surface area (Å²) >= 11 is 1.21. The molecule has 2 nitrogen and oxygen atoms in total. The molecule has 1 rings (SSSR count). The van der Waals surface area contributed by atoms with E-state index in [0.717, 1.165) is 5.69 Å². The van der Waals surface area contributed by atoms with E-state index < -0.39 is 0 Å². The summed E-state index contributed by atoms with van der Waals surface area (Å²) in [5, 5.41) is 0.0929. The Morgan fingerprint density at radius 1 is 1.62 bits per heavy atom. The Kier molecular flexibility index (Phi) is 4.07. The van der Waals surface area contributed by atoms with E-state index >= 15 is 0 Å². The number of nitrogens with zero attached hydrogens (tertiary/aromatic N) is 1. The first-order valence-electron chi connectivity index (χ1n) is 3.82. The van der Waals surface area contributed by atoms with Gasteiger partial charge in [-0.15, -0.1) is 0 Å². The van der Waals surface area contributed by atoms with Gasteiger partial charge in [-0.2, -0.15) is 0 Å². The topological polar surface area (TPSA) is 30.0 Å². The van der Waals surface area contributed by atoms with Crippen molar-refractivity contribution in [1.82, 2.24) is 4.98 Å². The molecule has 0 saturated heterocycles. The number of rotatable bonds is 1. The molecule has 0 aliphatic rings. The van der Waals surface area contributed by atoms with Crippen molar-refractivity contribution >= 4 is 16.9 Å². The zero-order valence-corrected chi connectivity index (χ0v) is 8.10. The molecule has 0 atom stereocenters. The van der Waals surface area contributed by atoms with Gasteiger partial charge in [-0.25, -0.2) is 4.98 Å². The van der Waals surface area contributed by atoms with Gasteiger partial charge < -0.3 is 0 Å². The Labute approximate surface area is 81.8 Å². The molecule has 3 heteroatoms. The summed E-state index contributed by atoms with van der Waals surface area (Å²) in [6, 6.07) is 5.57. The van der Waals surface area contributed by atoms with Crippen LogP contribution in [-0.4, -0.2) is 15.9 Å².